The van der Waals surface area contributed by atoms with Gasteiger partial charge < -0.3 is 5.73 Å². The minimum atomic E-state index is -3.61. The van der Waals surface area contributed by atoms with Gasteiger partial charge in [-0.3, -0.25) is 0 Å². The number of nitrogens with one attached hydrogen (secondary N) is 1. The van der Waals surface area contributed by atoms with E-state index in [4.69, 9.17) is 5.73 Å². The lowest BCUT2D eigenvalue weighted by molar-refractivity contribution is 0.565. The number of anilines is 1. The van der Waals surface area contributed by atoms with E-state index in [1.165, 1.54) is 17.4 Å². The van der Waals surface area contributed by atoms with Crippen LogP contribution in [-0.4, -0.2) is 13.4 Å². The summed E-state index contributed by atoms with van der Waals surface area (Å²) in [5.74, 6) is 0. The van der Waals surface area contributed by atoms with Gasteiger partial charge in [0.05, 0.1) is 10.9 Å². The second kappa shape index (κ2) is 5.90. The number of nitrogen functional groups attached to an aromatic ring is 1. The Labute approximate surface area is 122 Å². The lowest BCUT2D eigenvalue weighted by Crippen LogP contribution is -2.27. The number of nitrogens with zero attached hydrogens (tertiary/aromatic N) is 1. The zero-order valence-corrected chi connectivity index (χ0v) is 13.0. The lowest BCUT2D eigenvalue weighted by atomic mass is 10.1. The molecule has 1 aromatic heterocycles. The van der Waals surface area contributed by atoms with Gasteiger partial charge in [-0.1, -0.05) is 13.0 Å². The van der Waals surface area contributed by atoms with E-state index in [1.807, 2.05) is 12.3 Å². The van der Waals surface area contributed by atoms with Crippen LogP contribution in [0.15, 0.2) is 34.7 Å². The number of hydrogen-bond acceptors (Lipinski definition) is 5. The Hall–Kier alpha value is -1.44. The van der Waals surface area contributed by atoms with Gasteiger partial charge in [0.15, 0.2) is 0 Å². The second-order valence-electron chi connectivity index (χ2n) is 4.43. The Morgan fingerprint density at radius 3 is 2.80 bits per heavy atom. The van der Waals surface area contributed by atoms with Crippen LogP contribution in [0, 0.1) is 0 Å². The van der Waals surface area contributed by atoms with Gasteiger partial charge in [0.25, 0.3) is 0 Å². The standard InChI is InChI=1S/C13H17N3O2S2/c1-3-10-4-5-11(14)8-12(10)20(17,18)16-9(2)13-15-6-7-19-13/h4-9,16H,3,14H2,1-2H3. The van der Waals surface area contributed by atoms with Crippen molar-refractivity contribution in [3.8, 4) is 0 Å². The van der Waals surface area contributed by atoms with E-state index in [-0.39, 0.29) is 10.9 Å². The molecular weight excluding hydrogens is 294 g/mol. The van der Waals surface area contributed by atoms with E-state index in [0.717, 1.165) is 10.6 Å². The van der Waals surface area contributed by atoms with E-state index in [1.54, 1.807) is 25.3 Å². The fourth-order valence-electron chi connectivity index (χ4n) is 1.91. The first-order valence-corrected chi connectivity index (χ1v) is 8.60. The summed E-state index contributed by atoms with van der Waals surface area (Å²) in [4.78, 5) is 4.36. The van der Waals surface area contributed by atoms with Crippen molar-refractivity contribution in [1.29, 1.82) is 0 Å². The summed E-state index contributed by atoms with van der Waals surface area (Å²) in [7, 11) is -3.61. The number of rotatable bonds is 5. The fraction of sp³-hybridized carbons (Fsp3) is 0.308. The summed E-state index contributed by atoms with van der Waals surface area (Å²) in [5.41, 5.74) is 6.88. The molecule has 0 amide bonds. The maximum atomic E-state index is 12.5. The zero-order valence-electron chi connectivity index (χ0n) is 11.3. The maximum Gasteiger partial charge on any atom is 0.241 e. The Bertz CT molecular complexity index is 682. The highest BCUT2D eigenvalue weighted by molar-refractivity contribution is 7.89. The Balaban J connectivity index is 2.33. The van der Waals surface area contributed by atoms with Crippen LogP contribution in [0.1, 0.15) is 30.5 Å². The van der Waals surface area contributed by atoms with Crippen molar-refractivity contribution in [3.63, 3.8) is 0 Å². The summed E-state index contributed by atoms with van der Waals surface area (Å²) < 4.78 is 27.6. The molecule has 1 unspecified atom stereocenters. The van der Waals surface area contributed by atoms with Crippen molar-refractivity contribution in [2.24, 2.45) is 0 Å². The van der Waals surface area contributed by atoms with Gasteiger partial charge in [-0.2, -0.15) is 0 Å². The molecular formula is C13H17N3O2S2. The molecule has 108 valence electrons. The predicted octanol–water partition coefficient (Wildman–Crippen LogP) is 2.33. The molecule has 0 aliphatic heterocycles. The van der Waals surface area contributed by atoms with E-state index >= 15 is 0 Å². The van der Waals surface area contributed by atoms with Gasteiger partial charge in [-0.15, -0.1) is 11.3 Å². The molecule has 5 nitrogen and oxygen atoms in total. The van der Waals surface area contributed by atoms with Crippen molar-refractivity contribution in [1.82, 2.24) is 9.71 Å². The van der Waals surface area contributed by atoms with Crippen molar-refractivity contribution >= 4 is 27.0 Å². The van der Waals surface area contributed by atoms with Gasteiger partial charge in [0.2, 0.25) is 10.0 Å². The average molecular weight is 311 g/mol. The quantitative estimate of drug-likeness (QED) is 0.830. The molecule has 7 heteroatoms. The largest absolute Gasteiger partial charge is 0.399 e. The normalized spacial score (nSPS) is 13.3. The van der Waals surface area contributed by atoms with Crippen molar-refractivity contribution in [3.05, 3.63) is 40.3 Å². The Morgan fingerprint density at radius 1 is 1.45 bits per heavy atom. The van der Waals surface area contributed by atoms with Crippen molar-refractivity contribution in [2.75, 3.05) is 5.73 Å². The van der Waals surface area contributed by atoms with Gasteiger partial charge in [-0.25, -0.2) is 18.1 Å². The molecule has 0 aliphatic carbocycles. The summed E-state index contributed by atoms with van der Waals surface area (Å²) >= 11 is 1.42. The molecule has 0 saturated carbocycles. The number of hydrogen-bond donors (Lipinski definition) is 2. The first kappa shape index (κ1) is 15.0. The zero-order chi connectivity index (χ0) is 14.8. The van der Waals surface area contributed by atoms with Gasteiger partial charge in [0.1, 0.15) is 5.01 Å². The SMILES string of the molecule is CCc1ccc(N)cc1S(=O)(=O)NC(C)c1nccs1. The fourth-order valence-corrected chi connectivity index (χ4v) is 4.18. The van der Waals surface area contributed by atoms with Crippen LogP contribution in [0.5, 0.6) is 0 Å². The minimum Gasteiger partial charge on any atom is -0.399 e. The molecule has 2 rings (SSSR count). The molecule has 2 aromatic rings. The van der Waals surface area contributed by atoms with Crippen molar-refractivity contribution < 1.29 is 8.42 Å². The van der Waals surface area contributed by atoms with Crippen LogP contribution >= 0.6 is 11.3 Å². The summed E-state index contributed by atoms with van der Waals surface area (Å²) in [6.07, 6.45) is 2.28. The van der Waals surface area contributed by atoms with Crippen LogP contribution in [0.25, 0.3) is 0 Å². The molecule has 20 heavy (non-hydrogen) atoms. The average Bonchev–Trinajstić information content (AvgIpc) is 2.92. The lowest BCUT2D eigenvalue weighted by Gasteiger charge is -2.14. The Morgan fingerprint density at radius 2 is 2.20 bits per heavy atom. The smallest absolute Gasteiger partial charge is 0.241 e. The number of benzene rings is 1. The number of nitrogens with two attached hydrogens (primary N) is 1. The highest BCUT2D eigenvalue weighted by atomic mass is 32.2. The van der Waals surface area contributed by atoms with Crippen LogP contribution in [0.2, 0.25) is 0 Å². The first-order chi connectivity index (χ1) is 9.44. The molecule has 0 saturated heterocycles. The molecule has 1 heterocycles. The highest BCUT2D eigenvalue weighted by Crippen LogP contribution is 2.23. The molecule has 0 radical (unpaired) electrons. The molecule has 0 aliphatic rings. The number of thiazole rings is 1. The van der Waals surface area contributed by atoms with E-state index in [9.17, 15) is 8.42 Å². The number of aryl methyl sites for hydroxylation is 1. The van der Waals surface area contributed by atoms with Crippen LogP contribution in [0.4, 0.5) is 5.69 Å². The van der Waals surface area contributed by atoms with E-state index < -0.39 is 10.0 Å². The van der Waals surface area contributed by atoms with Gasteiger partial charge in [0, 0.05) is 17.3 Å². The van der Waals surface area contributed by atoms with Crippen molar-refractivity contribution in [2.45, 2.75) is 31.2 Å². The Kier molecular flexibility index (Phi) is 4.42. The summed E-state index contributed by atoms with van der Waals surface area (Å²) in [6.45, 7) is 3.68. The monoisotopic (exact) mass is 311 g/mol. The predicted molar refractivity (Wildman–Crippen MR) is 81.1 cm³/mol. The third-order valence-corrected chi connectivity index (χ3v) is 5.50. The maximum absolute atomic E-state index is 12.5. The molecule has 1 atom stereocenters. The second-order valence-corrected chi connectivity index (χ2v) is 7.04. The summed E-state index contributed by atoms with van der Waals surface area (Å²) in [6, 6.07) is 4.58. The molecule has 0 fully saturated rings. The number of sulfonamides is 1. The van der Waals surface area contributed by atoms with Crippen LogP contribution in [-0.2, 0) is 16.4 Å². The first-order valence-electron chi connectivity index (χ1n) is 6.24. The van der Waals surface area contributed by atoms with Gasteiger partial charge >= 0.3 is 0 Å². The third kappa shape index (κ3) is 3.17. The molecule has 1 aromatic carbocycles. The molecule has 0 bridgehead atoms. The van der Waals surface area contributed by atoms with Crippen LogP contribution < -0.4 is 10.5 Å². The number of aromatic nitrogens is 1. The van der Waals surface area contributed by atoms with E-state index in [0.29, 0.717) is 12.1 Å². The minimum absolute atomic E-state index is 0.239. The topological polar surface area (TPSA) is 85.1 Å². The highest BCUT2D eigenvalue weighted by Gasteiger charge is 2.22. The van der Waals surface area contributed by atoms with Crippen LogP contribution in [0.3, 0.4) is 0 Å². The summed E-state index contributed by atoms with van der Waals surface area (Å²) in [5, 5.41) is 2.55. The molecule has 3 N–H and O–H groups in total. The van der Waals surface area contributed by atoms with E-state index in [2.05, 4.69) is 9.71 Å². The molecule has 0 spiro atoms. The van der Waals surface area contributed by atoms with Gasteiger partial charge in [-0.05, 0) is 31.0 Å². The third-order valence-electron chi connectivity index (χ3n) is 2.92.